The van der Waals surface area contributed by atoms with Crippen LogP contribution in [-0.2, 0) is 0 Å². The van der Waals surface area contributed by atoms with Crippen molar-refractivity contribution in [2.24, 2.45) is 0 Å². The lowest BCUT2D eigenvalue weighted by molar-refractivity contribution is 0.103. The van der Waals surface area contributed by atoms with Crippen LogP contribution in [0.4, 0.5) is 5.69 Å². The van der Waals surface area contributed by atoms with Crippen molar-refractivity contribution in [3.8, 4) is 0 Å². The molecule has 1 aliphatic heterocycles. The fraction of sp³-hybridized carbons (Fsp3) is 0.0870. The lowest BCUT2D eigenvalue weighted by atomic mass is 9.99. The molecule has 1 N–H and O–H groups in total. The summed E-state index contributed by atoms with van der Waals surface area (Å²) >= 11 is 1.75. The molecule has 0 bridgehead atoms. The highest BCUT2D eigenvalue weighted by Gasteiger charge is 2.37. The Bertz CT molecular complexity index is 1080. The van der Waals surface area contributed by atoms with E-state index in [1.165, 1.54) is 16.0 Å². The molecule has 0 radical (unpaired) electrons. The SMILES string of the molecule is Cc1cccc(C2Sc3ccccc3NC3=C2C(=O)c2ccccc23)c1. The monoisotopic (exact) mass is 355 g/mol. The van der Waals surface area contributed by atoms with E-state index in [9.17, 15) is 4.79 Å². The quantitative estimate of drug-likeness (QED) is 0.592. The molecule has 3 heteroatoms. The highest BCUT2D eigenvalue weighted by atomic mass is 32.2. The maximum atomic E-state index is 13.3. The number of fused-ring (bicyclic) bond motifs is 3. The van der Waals surface area contributed by atoms with Gasteiger partial charge in [0, 0.05) is 21.6 Å². The summed E-state index contributed by atoms with van der Waals surface area (Å²) in [6.07, 6.45) is 0. The number of hydrogen-bond donors (Lipinski definition) is 1. The largest absolute Gasteiger partial charge is 0.354 e. The molecule has 1 atom stereocenters. The minimum atomic E-state index is -0.0269. The molecule has 0 amide bonds. The Morgan fingerprint density at radius 1 is 0.885 bits per heavy atom. The van der Waals surface area contributed by atoms with Crippen LogP contribution in [0.2, 0.25) is 0 Å². The second-order valence-corrected chi connectivity index (χ2v) is 7.84. The number of ketones is 1. The molecular weight excluding hydrogens is 338 g/mol. The van der Waals surface area contributed by atoms with E-state index in [2.05, 4.69) is 48.6 Å². The van der Waals surface area contributed by atoms with E-state index in [4.69, 9.17) is 0 Å². The number of carbonyl (C=O) groups excluding carboxylic acids is 1. The van der Waals surface area contributed by atoms with Crippen molar-refractivity contribution in [3.63, 3.8) is 0 Å². The molecule has 0 aromatic heterocycles. The molecule has 3 aromatic carbocycles. The zero-order valence-electron chi connectivity index (χ0n) is 14.3. The van der Waals surface area contributed by atoms with Crippen molar-refractivity contribution < 1.29 is 4.79 Å². The van der Waals surface area contributed by atoms with Gasteiger partial charge in [-0.1, -0.05) is 66.2 Å². The number of hydrogen-bond acceptors (Lipinski definition) is 3. The van der Waals surface area contributed by atoms with Crippen LogP contribution in [0.5, 0.6) is 0 Å². The van der Waals surface area contributed by atoms with Crippen molar-refractivity contribution in [1.29, 1.82) is 0 Å². The smallest absolute Gasteiger partial charge is 0.193 e. The number of aryl methyl sites for hydroxylation is 1. The normalized spacial score (nSPS) is 17.9. The summed E-state index contributed by atoms with van der Waals surface area (Å²) in [5, 5.41) is 3.53. The first-order valence-corrected chi connectivity index (χ1v) is 9.58. The van der Waals surface area contributed by atoms with Crippen molar-refractivity contribution in [1.82, 2.24) is 0 Å². The predicted octanol–water partition coefficient (Wildman–Crippen LogP) is 5.86. The fourth-order valence-corrected chi connectivity index (χ4v) is 5.03. The number of Topliss-reactive ketones (excluding diaryl/α,β-unsaturated/α-hetero) is 1. The summed E-state index contributed by atoms with van der Waals surface area (Å²) in [6.45, 7) is 2.09. The van der Waals surface area contributed by atoms with Crippen LogP contribution in [0.3, 0.4) is 0 Å². The lowest BCUT2D eigenvalue weighted by Gasteiger charge is -2.17. The maximum Gasteiger partial charge on any atom is 0.193 e. The molecule has 1 aliphatic carbocycles. The molecule has 0 spiro atoms. The average molecular weight is 355 g/mol. The number of para-hydroxylation sites is 1. The Morgan fingerprint density at radius 2 is 1.65 bits per heavy atom. The Labute approximate surface area is 157 Å². The molecule has 0 saturated carbocycles. The number of thioether (sulfide) groups is 1. The van der Waals surface area contributed by atoms with E-state index in [0.29, 0.717) is 0 Å². The zero-order valence-corrected chi connectivity index (χ0v) is 15.1. The second-order valence-electron chi connectivity index (χ2n) is 6.70. The topological polar surface area (TPSA) is 29.1 Å². The average Bonchev–Trinajstić information content (AvgIpc) is 2.83. The number of benzene rings is 3. The van der Waals surface area contributed by atoms with Crippen molar-refractivity contribution in [2.45, 2.75) is 17.1 Å². The number of nitrogens with one attached hydrogen (secondary N) is 1. The van der Waals surface area contributed by atoms with Gasteiger partial charge in [-0.3, -0.25) is 4.79 Å². The van der Waals surface area contributed by atoms with E-state index < -0.39 is 0 Å². The lowest BCUT2D eigenvalue weighted by Crippen LogP contribution is -2.07. The van der Waals surface area contributed by atoms with Gasteiger partial charge in [0.25, 0.3) is 0 Å². The number of anilines is 1. The van der Waals surface area contributed by atoms with Gasteiger partial charge in [0.15, 0.2) is 5.78 Å². The Hall–Kier alpha value is -2.78. The van der Waals surface area contributed by atoms with Crippen LogP contribution < -0.4 is 5.32 Å². The minimum Gasteiger partial charge on any atom is -0.354 e. The van der Waals surface area contributed by atoms with Crippen LogP contribution in [0, 0.1) is 6.92 Å². The van der Waals surface area contributed by atoms with E-state index in [-0.39, 0.29) is 11.0 Å². The van der Waals surface area contributed by atoms with Crippen LogP contribution >= 0.6 is 11.8 Å². The summed E-state index contributed by atoms with van der Waals surface area (Å²) in [6, 6.07) is 24.7. The second kappa shape index (κ2) is 5.89. The standard InChI is InChI=1S/C23H17NOS/c1-14-7-6-8-15(13-14)23-20-21(16-9-2-3-10-17(16)22(20)25)24-18-11-4-5-12-19(18)26-23/h2-13,23-24H,1H3. The Morgan fingerprint density at radius 3 is 2.50 bits per heavy atom. The molecule has 1 heterocycles. The molecule has 0 fully saturated rings. The summed E-state index contributed by atoms with van der Waals surface area (Å²) in [5.41, 5.74) is 7.04. The van der Waals surface area contributed by atoms with Crippen LogP contribution in [0.15, 0.2) is 83.3 Å². The van der Waals surface area contributed by atoms with Crippen LogP contribution in [0.25, 0.3) is 5.70 Å². The van der Waals surface area contributed by atoms with Gasteiger partial charge in [-0.25, -0.2) is 0 Å². The fourth-order valence-electron chi connectivity index (χ4n) is 3.75. The molecule has 26 heavy (non-hydrogen) atoms. The first kappa shape index (κ1) is 15.5. The van der Waals surface area contributed by atoms with E-state index in [1.807, 2.05) is 36.4 Å². The number of carbonyl (C=O) groups is 1. The minimum absolute atomic E-state index is 0.0269. The van der Waals surface area contributed by atoms with Gasteiger partial charge < -0.3 is 5.32 Å². The Kier molecular flexibility index (Phi) is 3.50. The molecule has 126 valence electrons. The molecule has 0 saturated heterocycles. The molecule has 5 rings (SSSR count). The van der Waals surface area contributed by atoms with E-state index in [0.717, 1.165) is 28.1 Å². The van der Waals surface area contributed by atoms with Gasteiger partial charge in [-0.15, -0.1) is 11.8 Å². The van der Waals surface area contributed by atoms with Crippen LogP contribution in [-0.4, -0.2) is 5.78 Å². The molecule has 2 nitrogen and oxygen atoms in total. The van der Waals surface area contributed by atoms with Gasteiger partial charge in [-0.2, -0.15) is 0 Å². The van der Waals surface area contributed by atoms with Gasteiger partial charge in [0.1, 0.15) is 0 Å². The van der Waals surface area contributed by atoms with Gasteiger partial charge >= 0.3 is 0 Å². The van der Waals surface area contributed by atoms with Crippen molar-refractivity contribution in [3.05, 3.63) is 101 Å². The van der Waals surface area contributed by atoms with Gasteiger partial charge in [-0.05, 0) is 24.6 Å². The zero-order chi connectivity index (χ0) is 17.7. The highest BCUT2D eigenvalue weighted by Crippen LogP contribution is 2.52. The molecular formula is C23H17NOS. The Balaban J connectivity index is 1.76. The number of rotatable bonds is 1. The molecule has 1 unspecified atom stereocenters. The van der Waals surface area contributed by atoms with E-state index in [1.54, 1.807) is 11.8 Å². The highest BCUT2D eigenvalue weighted by molar-refractivity contribution is 8.00. The summed E-state index contributed by atoms with van der Waals surface area (Å²) < 4.78 is 0. The van der Waals surface area contributed by atoms with Gasteiger partial charge in [0.05, 0.1) is 16.6 Å². The summed E-state index contributed by atoms with van der Waals surface area (Å²) in [5.74, 6) is 0.134. The maximum absolute atomic E-state index is 13.3. The predicted molar refractivity (Wildman–Crippen MR) is 108 cm³/mol. The van der Waals surface area contributed by atoms with E-state index >= 15 is 0 Å². The first-order valence-electron chi connectivity index (χ1n) is 8.70. The third-order valence-corrected chi connectivity index (χ3v) is 6.31. The third-order valence-electron chi connectivity index (χ3n) is 4.95. The van der Waals surface area contributed by atoms with Crippen molar-refractivity contribution >= 4 is 28.9 Å². The molecule has 3 aromatic rings. The third kappa shape index (κ3) is 2.31. The summed E-state index contributed by atoms with van der Waals surface area (Å²) in [7, 11) is 0. The molecule has 2 aliphatic rings. The first-order chi connectivity index (χ1) is 12.7. The van der Waals surface area contributed by atoms with Crippen molar-refractivity contribution in [2.75, 3.05) is 5.32 Å². The van der Waals surface area contributed by atoms with Crippen LogP contribution in [0.1, 0.15) is 32.3 Å². The van der Waals surface area contributed by atoms with Gasteiger partial charge in [0.2, 0.25) is 0 Å². The summed E-state index contributed by atoms with van der Waals surface area (Å²) in [4.78, 5) is 14.5.